The molecule has 0 heterocycles. The van der Waals surface area contributed by atoms with Gasteiger partial charge < -0.3 is 24.8 Å². The largest absolute Gasteiger partial charge is 0.493 e. The number of ether oxygens (including phenoxy) is 3. The van der Waals surface area contributed by atoms with Crippen molar-refractivity contribution in [1.29, 1.82) is 0 Å². The molecule has 0 bridgehead atoms. The molecule has 0 aromatic heterocycles. The van der Waals surface area contributed by atoms with Gasteiger partial charge in [0.2, 0.25) is 5.75 Å². The molecule has 0 amide bonds. The summed E-state index contributed by atoms with van der Waals surface area (Å²) in [6.07, 6.45) is 1.05. The minimum Gasteiger partial charge on any atom is -0.493 e. The second-order valence-corrected chi connectivity index (χ2v) is 7.12. The molecule has 7 nitrogen and oxygen atoms in total. The molecule has 0 fully saturated rings. The van der Waals surface area contributed by atoms with Gasteiger partial charge in [-0.05, 0) is 46.2 Å². The van der Waals surface area contributed by atoms with Crippen LogP contribution in [-0.2, 0) is 6.54 Å². The van der Waals surface area contributed by atoms with Crippen LogP contribution < -0.4 is 24.8 Å². The van der Waals surface area contributed by atoms with Crippen molar-refractivity contribution in [1.82, 2.24) is 15.5 Å². The van der Waals surface area contributed by atoms with E-state index in [0.717, 1.165) is 31.0 Å². The van der Waals surface area contributed by atoms with E-state index in [9.17, 15) is 0 Å². The lowest BCUT2D eigenvalue weighted by molar-refractivity contribution is 0.173. The van der Waals surface area contributed by atoms with E-state index in [-0.39, 0.29) is 0 Å². The molecule has 0 atom stereocenters. The van der Waals surface area contributed by atoms with Crippen LogP contribution in [0.1, 0.15) is 39.7 Å². The van der Waals surface area contributed by atoms with Gasteiger partial charge >= 0.3 is 0 Å². The van der Waals surface area contributed by atoms with Crippen LogP contribution in [0.25, 0.3) is 0 Å². The zero-order valence-electron chi connectivity index (χ0n) is 18.8. The Kier molecular flexibility index (Phi) is 10.5. The molecule has 0 spiro atoms. The van der Waals surface area contributed by atoms with Crippen LogP contribution >= 0.6 is 0 Å². The van der Waals surface area contributed by atoms with Gasteiger partial charge in [-0.1, -0.05) is 0 Å². The Labute approximate surface area is 170 Å². The van der Waals surface area contributed by atoms with E-state index in [4.69, 9.17) is 14.2 Å². The summed E-state index contributed by atoms with van der Waals surface area (Å²) in [4.78, 5) is 6.80. The molecule has 0 unspecified atom stereocenters. The van der Waals surface area contributed by atoms with Gasteiger partial charge in [0.25, 0.3) is 0 Å². The number of guanidine groups is 1. The normalized spacial score (nSPS) is 11.9. The van der Waals surface area contributed by atoms with Crippen molar-refractivity contribution in [2.24, 2.45) is 4.99 Å². The zero-order chi connectivity index (χ0) is 21.1. The molecule has 2 N–H and O–H groups in total. The molecule has 1 aromatic carbocycles. The number of hydrogen-bond acceptors (Lipinski definition) is 5. The Balaban J connectivity index is 2.61. The van der Waals surface area contributed by atoms with Gasteiger partial charge in [0.15, 0.2) is 17.5 Å². The van der Waals surface area contributed by atoms with E-state index in [2.05, 4.69) is 48.2 Å². The quantitative estimate of drug-likeness (QED) is 0.342. The summed E-state index contributed by atoms with van der Waals surface area (Å²) in [5, 5.41) is 6.71. The molecular formula is C21H38N4O3. The summed E-state index contributed by atoms with van der Waals surface area (Å²) in [7, 11) is 6.62. The van der Waals surface area contributed by atoms with E-state index in [1.54, 1.807) is 28.4 Å². The Morgan fingerprint density at radius 3 is 2.11 bits per heavy atom. The minimum absolute atomic E-state index is 0.551. The summed E-state index contributed by atoms with van der Waals surface area (Å²) in [6, 6.07) is 4.94. The van der Waals surface area contributed by atoms with Crippen LogP contribution in [0.2, 0.25) is 0 Å². The molecule has 0 aliphatic rings. The fourth-order valence-electron chi connectivity index (χ4n) is 3.28. The van der Waals surface area contributed by atoms with Crippen molar-refractivity contribution < 1.29 is 14.2 Å². The summed E-state index contributed by atoms with van der Waals surface area (Å²) in [6.45, 7) is 11.4. The summed E-state index contributed by atoms with van der Waals surface area (Å²) in [5.41, 5.74) is 0.967. The number of benzene rings is 1. The molecule has 7 heteroatoms. The van der Waals surface area contributed by atoms with Crippen LogP contribution in [-0.4, -0.2) is 64.4 Å². The Morgan fingerprint density at radius 1 is 0.964 bits per heavy atom. The smallest absolute Gasteiger partial charge is 0.203 e. The maximum atomic E-state index is 5.53. The second kappa shape index (κ2) is 12.3. The maximum absolute atomic E-state index is 5.53. The van der Waals surface area contributed by atoms with Crippen LogP contribution in [0.4, 0.5) is 0 Å². The topological polar surface area (TPSA) is 67.4 Å². The van der Waals surface area contributed by atoms with E-state index in [1.165, 1.54) is 0 Å². The first kappa shape index (κ1) is 23.9. The van der Waals surface area contributed by atoms with Gasteiger partial charge in [-0.15, -0.1) is 0 Å². The van der Waals surface area contributed by atoms with E-state index >= 15 is 0 Å². The van der Waals surface area contributed by atoms with E-state index in [1.807, 2.05) is 12.1 Å². The first-order chi connectivity index (χ1) is 13.4. The summed E-state index contributed by atoms with van der Waals surface area (Å²) in [5.74, 6) is 2.66. The van der Waals surface area contributed by atoms with Crippen molar-refractivity contribution in [2.75, 3.05) is 41.5 Å². The monoisotopic (exact) mass is 394 g/mol. The summed E-state index contributed by atoms with van der Waals surface area (Å²) < 4.78 is 16.3. The molecule has 0 saturated heterocycles. The second-order valence-electron chi connectivity index (χ2n) is 7.12. The fraction of sp³-hybridized carbons (Fsp3) is 0.667. The molecule has 0 aliphatic carbocycles. The van der Waals surface area contributed by atoms with Crippen molar-refractivity contribution in [3.63, 3.8) is 0 Å². The first-order valence-corrected chi connectivity index (χ1v) is 9.87. The average Bonchev–Trinajstić information content (AvgIpc) is 2.68. The van der Waals surface area contributed by atoms with Gasteiger partial charge in [-0.2, -0.15) is 0 Å². The predicted octanol–water partition coefficient (Wildman–Crippen LogP) is 2.89. The number of hydrogen-bond donors (Lipinski definition) is 2. The highest BCUT2D eigenvalue weighted by atomic mass is 16.5. The molecule has 0 radical (unpaired) electrons. The third kappa shape index (κ3) is 6.78. The van der Waals surface area contributed by atoms with Crippen LogP contribution in [0.3, 0.4) is 0 Å². The van der Waals surface area contributed by atoms with Gasteiger partial charge in [-0.3, -0.25) is 9.89 Å². The van der Waals surface area contributed by atoms with Crippen LogP contribution in [0.5, 0.6) is 17.2 Å². The van der Waals surface area contributed by atoms with Crippen molar-refractivity contribution in [3.8, 4) is 17.2 Å². The molecule has 160 valence electrons. The van der Waals surface area contributed by atoms with Gasteiger partial charge in [0, 0.05) is 44.3 Å². The third-order valence-corrected chi connectivity index (χ3v) is 4.67. The van der Waals surface area contributed by atoms with Gasteiger partial charge in [0.05, 0.1) is 21.3 Å². The molecule has 0 aliphatic heterocycles. The Morgan fingerprint density at radius 2 is 1.61 bits per heavy atom. The van der Waals surface area contributed by atoms with Crippen LogP contribution in [0, 0.1) is 0 Å². The molecule has 28 heavy (non-hydrogen) atoms. The fourth-order valence-corrected chi connectivity index (χ4v) is 3.28. The first-order valence-electron chi connectivity index (χ1n) is 9.87. The molecule has 1 rings (SSSR count). The summed E-state index contributed by atoms with van der Waals surface area (Å²) >= 11 is 0. The number of nitrogens with zero attached hydrogens (tertiary/aromatic N) is 2. The number of methoxy groups -OCH3 is 3. The van der Waals surface area contributed by atoms with Gasteiger partial charge in [-0.25, -0.2) is 0 Å². The van der Waals surface area contributed by atoms with Gasteiger partial charge in [0.1, 0.15) is 0 Å². The highest BCUT2D eigenvalue weighted by molar-refractivity contribution is 5.79. The standard InChI is InChI=1S/C21H38N4O3/c1-15(2)25(16(3)4)13-9-12-23-21(22-5)24-14-17-10-11-18(26-6)20(28-8)19(17)27-7/h10-11,15-16H,9,12-14H2,1-8H3,(H2,22,23,24). The Bertz CT molecular complexity index is 610. The van der Waals surface area contributed by atoms with Crippen molar-refractivity contribution in [2.45, 2.75) is 52.7 Å². The minimum atomic E-state index is 0.551. The zero-order valence-corrected chi connectivity index (χ0v) is 18.8. The highest BCUT2D eigenvalue weighted by Crippen LogP contribution is 2.39. The number of nitrogens with one attached hydrogen (secondary N) is 2. The van der Waals surface area contributed by atoms with E-state index < -0.39 is 0 Å². The van der Waals surface area contributed by atoms with E-state index in [0.29, 0.717) is 35.9 Å². The lowest BCUT2D eigenvalue weighted by atomic mass is 10.1. The lowest BCUT2D eigenvalue weighted by Crippen LogP contribution is -2.41. The lowest BCUT2D eigenvalue weighted by Gasteiger charge is -2.30. The molecule has 0 saturated carbocycles. The third-order valence-electron chi connectivity index (χ3n) is 4.67. The van der Waals surface area contributed by atoms with Crippen molar-refractivity contribution >= 4 is 5.96 Å². The average molecular weight is 395 g/mol. The van der Waals surface area contributed by atoms with Crippen molar-refractivity contribution in [3.05, 3.63) is 17.7 Å². The molecule has 1 aromatic rings. The highest BCUT2D eigenvalue weighted by Gasteiger charge is 2.16. The van der Waals surface area contributed by atoms with Crippen LogP contribution in [0.15, 0.2) is 17.1 Å². The number of rotatable bonds is 11. The Hall–Kier alpha value is -2.15. The molecular weight excluding hydrogens is 356 g/mol. The predicted molar refractivity (Wildman–Crippen MR) is 116 cm³/mol. The number of aliphatic imine (C=N–C) groups is 1. The SMILES string of the molecule is CN=C(NCCCN(C(C)C)C(C)C)NCc1ccc(OC)c(OC)c1OC. The maximum Gasteiger partial charge on any atom is 0.203 e.